The zero-order valence-corrected chi connectivity index (χ0v) is 29.6. The van der Waals surface area contributed by atoms with Crippen molar-refractivity contribution in [3.05, 3.63) is 42.0 Å². The summed E-state index contributed by atoms with van der Waals surface area (Å²) in [7, 11) is -1.95. The Kier molecular flexibility index (Phi) is 13.8. The summed E-state index contributed by atoms with van der Waals surface area (Å²) in [6.45, 7) is 15.4. The first kappa shape index (κ1) is 35.6. The highest BCUT2D eigenvalue weighted by Crippen LogP contribution is 2.44. The summed E-state index contributed by atoms with van der Waals surface area (Å²) in [6, 6.07) is 8.66. The van der Waals surface area contributed by atoms with E-state index in [1.807, 2.05) is 0 Å². The maximum absolute atomic E-state index is 10.6. The molecule has 2 unspecified atom stereocenters. The normalized spacial score (nSPS) is 29.2. The number of aliphatic hydroxyl groups is 1. The number of benzene rings is 1. The van der Waals surface area contributed by atoms with E-state index in [2.05, 4.69) is 77.2 Å². The Bertz CT molecular complexity index is 994. The van der Waals surface area contributed by atoms with Crippen molar-refractivity contribution in [1.82, 2.24) is 0 Å². The fraction of sp³-hybridized carbons (Fsp3) is 0.784. The molecule has 1 aromatic carbocycles. The van der Waals surface area contributed by atoms with Gasteiger partial charge in [0.2, 0.25) is 8.32 Å². The van der Waals surface area contributed by atoms with Gasteiger partial charge in [-0.3, -0.25) is 0 Å². The fourth-order valence-corrected chi connectivity index (χ4v) is 7.71. The molecular formula is C37H62O6Si. The molecule has 0 amide bonds. The SMILES string of the molecule is CCCCC[C@@H](/C=C/[C@@H]1[C@@H](Cc2cccc(O[Si](C)(C)C(C)(C)C)c2)[C@@H](CO)C[C@H]1OC1CCCCO1)OC1CCCCO1. The molecule has 1 aromatic rings. The Balaban J connectivity index is 1.56. The molecule has 0 spiro atoms. The smallest absolute Gasteiger partial charge is 0.250 e. The molecule has 1 aliphatic carbocycles. The standard InChI is InChI=1S/C37H62O6Si/c1-7-8-9-16-30(41-35-18-10-12-22-39-35)20-21-32-33(29(27-38)26-34(32)42-36-19-11-13-23-40-36)25-28-15-14-17-31(24-28)43-44(5,6)37(2,3)4/h14-15,17,20-21,24,29-30,32-36,38H,7-13,16,18-19,22-23,25-27H2,1-6H3/b21-20+/t29-,30+,32-,33+,34-,35?,36?/m1/s1. The second kappa shape index (κ2) is 17.1. The largest absolute Gasteiger partial charge is 0.543 e. The van der Waals surface area contributed by atoms with Crippen LogP contribution >= 0.6 is 0 Å². The van der Waals surface area contributed by atoms with Crippen LogP contribution < -0.4 is 4.43 Å². The molecule has 44 heavy (non-hydrogen) atoms. The minimum absolute atomic E-state index is 0.00499. The lowest BCUT2D eigenvalue weighted by Crippen LogP contribution is -2.43. The van der Waals surface area contributed by atoms with Crippen LogP contribution in [0.25, 0.3) is 0 Å². The van der Waals surface area contributed by atoms with Gasteiger partial charge in [0.25, 0.3) is 0 Å². The van der Waals surface area contributed by atoms with E-state index in [1.54, 1.807) is 0 Å². The lowest BCUT2D eigenvalue weighted by molar-refractivity contribution is -0.193. The van der Waals surface area contributed by atoms with Crippen molar-refractivity contribution in [2.75, 3.05) is 19.8 Å². The predicted molar refractivity (Wildman–Crippen MR) is 180 cm³/mol. The zero-order valence-electron chi connectivity index (χ0n) is 28.6. The van der Waals surface area contributed by atoms with E-state index in [0.29, 0.717) is 0 Å². The number of unbranched alkanes of at least 4 members (excludes halogenated alkanes) is 2. The van der Waals surface area contributed by atoms with Crippen molar-refractivity contribution in [3.63, 3.8) is 0 Å². The molecule has 2 heterocycles. The molecule has 0 bridgehead atoms. The third-order valence-corrected chi connectivity index (χ3v) is 14.8. The van der Waals surface area contributed by atoms with Gasteiger partial charge in [0.05, 0.1) is 12.2 Å². The molecule has 3 aliphatic rings. The van der Waals surface area contributed by atoms with Crippen molar-refractivity contribution < 1.29 is 28.5 Å². The fourth-order valence-electron chi connectivity index (χ4n) is 6.69. The maximum Gasteiger partial charge on any atom is 0.250 e. The van der Waals surface area contributed by atoms with Gasteiger partial charge in [-0.05, 0) is 105 Å². The first-order valence-corrected chi connectivity index (χ1v) is 20.6. The van der Waals surface area contributed by atoms with Crippen LogP contribution in [0.3, 0.4) is 0 Å². The summed E-state index contributed by atoms with van der Waals surface area (Å²) in [5.41, 5.74) is 1.25. The highest BCUT2D eigenvalue weighted by molar-refractivity contribution is 6.74. The van der Waals surface area contributed by atoms with E-state index in [1.165, 1.54) is 18.4 Å². The van der Waals surface area contributed by atoms with E-state index < -0.39 is 8.32 Å². The molecule has 0 radical (unpaired) electrons. The number of ether oxygens (including phenoxy) is 4. The average molecular weight is 631 g/mol. The first-order chi connectivity index (χ1) is 21.1. The van der Waals surface area contributed by atoms with Crippen LogP contribution in [0.15, 0.2) is 36.4 Å². The van der Waals surface area contributed by atoms with Crippen LogP contribution in [0.5, 0.6) is 5.75 Å². The summed E-state index contributed by atoms with van der Waals surface area (Å²) < 4.78 is 31.9. The Morgan fingerprint density at radius 2 is 1.75 bits per heavy atom. The monoisotopic (exact) mass is 630 g/mol. The summed E-state index contributed by atoms with van der Waals surface area (Å²) in [5, 5.41) is 10.8. The molecular weight excluding hydrogens is 568 g/mol. The van der Waals surface area contributed by atoms with Crippen LogP contribution in [-0.2, 0) is 25.4 Å². The summed E-state index contributed by atoms with van der Waals surface area (Å²) in [4.78, 5) is 0. The van der Waals surface area contributed by atoms with Crippen molar-refractivity contribution in [2.45, 2.75) is 148 Å². The van der Waals surface area contributed by atoms with Crippen LogP contribution in [-0.4, -0.2) is 58.0 Å². The number of hydrogen-bond donors (Lipinski definition) is 1. The van der Waals surface area contributed by atoms with E-state index in [9.17, 15) is 5.11 Å². The molecule has 6 nitrogen and oxygen atoms in total. The second-order valence-corrected chi connectivity index (χ2v) is 19.7. The van der Waals surface area contributed by atoms with Crippen molar-refractivity contribution in [2.24, 2.45) is 17.8 Å². The van der Waals surface area contributed by atoms with Crippen LogP contribution in [0, 0.1) is 17.8 Å². The number of hydrogen-bond acceptors (Lipinski definition) is 6. The maximum atomic E-state index is 10.6. The third-order valence-electron chi connectivity index (χ3n) is 10.4. The van der Waals surface area contributed by atoms with Crippen molar-refractivity contribution in [1.29, 1.82) is 0 Å². The molecule has 2 aliphatic heterocycles. The summed E-state index contributed by atoms with van der Waals surface area (Å²) in [6.07, 6.45) is 17.1. The molecule has 0 aromatic heterocycles. The van der Waals surface area contributed by atoms with Crippen molar-refractivity contribution >= 4 is 8.32 Å². The molecule has 7 heteroatoms. The summed E-state index contributed by atoms with van der Waals surface area (Å²) in [5.74, 6) is 1.52. The Morgan fingerprint density at radius 3 is 2.39 bits per heavy atom. The van der Waals surface area contributed by atoms with E-state index in [0.717, 1.165) is 83.2 Å². The zero-order chi connectivity index (χ0) is 31.6. The van der Waals surface area contributed by atoms with E-state index in [4.69, 9.17) is 23.4 Å². The first-order valence-electron chi connectivity index (χ1n) is 17.7. The lowest BCUT2D eigenvalue weighted by atomic mass is 9.83. The van der Waals surface area contributed by atoms with Gasteiger partial charge < -0.3 is 28.5 Å². The minimum Gasteiger partial charge on any atom is -0.543 e. The number of rotatable bonds is 15. The van der Waals surface area contributed by atoms with E-state index in [-0.39, 0.29) is 54.2 Å². The predicted octanol–water partition coefficient (Wildman–Crippen LogP) is 8.82. The van der Waals surface area contributed by atoms with Crippen LogP contribution in [0.2, 0.25) is 18.1 Å². The van der Waals surface area contributed by atoms with Gasteiger partial charge in [-0.2, -0.15) is 0 Å². The molecule has 7 atom stereocenters. The molecule has 4 rings (SSSR count). The van der Waals surface area contributed by atoms with Crippen LogP contribution in [0.4, 0.5) is 0 Å². The number of aliphatic hydroxyl groups excluding tert-OH is 1. The molecule has 2 saturated heterocycles. The van der Waals surface area contributed by atoms with Crippen LogP contribution in [0.1, 0.15) is 104 Å². The van der Waals surface area contributed by atoms with Gasteiger partial charge in [-0.15, -0.1) is 0 Å². The molecule has 1 N–H and O–H groups in total. The Morgan fingerprint density at radius 1 is 1.02 bits per heavy atom. The molecule has 3 fully saturated rings. The quantitative estimate of drug-likeness (QED) is 0.119. The van der Waals surface area contributed by atoms with Crippen molar-refractivity contribution in [3.8, 4) is 5.75 Å². The van der Waals surface area contributed by atoms with Gasteiger partial charge in [0.1, 0.15) is 5.75 Å². The molecule has 250 valence electrons. The van der Waals surface area contributed by atoms with Gasteiger partial charge in [-0.25, -0.2) is 0 Å². The minimum atomic E-state index is -1.95. The second-order valence-electron chi connectivity index (χ2n) is 15.0. The van der Waals surface area contributed by atoms with E-state index >= 15 is 0 Å². The average Bonchev–Trinajstić information content (AvgIpc) is 3.31. The third kappa shape index (κ3) is 10.4. The van der Waals surface area contributed by atoms with Gasteiger partial charge in [0, 0.05) is 25.7 Å². The molecule has 1 saturated carbocycles. The Hall–Kier alpha value is -1.22. The Labute approximate surface area is 269 Å². The topological polar surface area (TPSA) is 66.4 Å². The summed E-state index contributed by atoms with van der Waals surface area (Å²) >= 11 is 0. The lowest BCUT2D eigenvalue weighted by Gasteiger charge is -2.36. The highest BCUT2D eigenvalue weighted by Gasteiger charge is 2.44. The van der Waals surface area contributed by atoms with Gasteiger partial charge >= 0.3 is 0 Å². The highest BCUT2D eigenvalue weighted by atomic mass is 28.4. The van der Waals surface area contributed by atoms with Gasteiger partial charge in [0.15, 0.2) is 12.6 Å². The van der Waals surface area contributed by atoms with Gasteiger partial charge in [-0.1, -0.05) is 71.2 Å².